The molecule has 1 atom stereocenters. The Balaban J connectivity index is 2.08. The van der Waals surface area contributed by atoms with Crippen LogP contribution in [0.2, 0.25) is 5.02 Å². The van der Waals surface area contributed by atoms with Gasteiger partial charge in [-0.25, -0.2) is 9.59 Å². The number of halogens is 1. The second-order valence-corrected chi connectivity index (χ2v) is 6.92. The van der Waals surface area contributed by atoms with E-state index in [4.69, 9.17) is 16.0 Å². The molecule has 0 bridgehead atoms. The highest BCUT2D eigenvalue weighted by Gasteiger charge is 2.30. The highest BCUT2D eigenvalue weighted by atomic mass is 35.5. The SMILES string of the molecule is CC(C)CC(C(=O)O)N(CCc1ccc(-c2ccc(Cl)cc2)o1)C(=O)O. The largest absolute Gasteiger partial charge is 0.480 e. The molecule has 6 nitrogen and oxygen atoms in total. The fraction of sp³-hybridized carbons (Fsp3) is 0.368. The minimum Gasteiger partial charge on any atom is -0.480 e. The Morgan fingerprint density at radius 1 is 1.12 bits per heavy atom. The molecule has 1 unspecified atom stereocenters. The van der Waals surface area contributed by atoms with E-state index in [1.54, 1.807) is 24.3 Å². The van der Waals surface area contributed by atoms with Gasteiger partial charge in [0, 0.05) is 23.6 Å². The summed E-state index contributed by atoms with van der Waals surface area (Å²) in [5.41, 5.74) is 0.860. The standard InChI is InChI=1S/C19H22ClNO5/c1-12(2)11-16(18(22)23)21(19(24)25)10-9-15-7-8-17(26-15)13-3-5-14(20)6-4-13/h3-8,12,16H,9-11H2,1-2H3,(H,22,23)(H,24,25). The molecule has 2 aromatic rings. The monoisotopic (exact) mass is 379 g/mol. The van der Waals surface area contributed by atoms with Crippen molar-refractivity contribution < 1.29 is 24.2 Å². The molecule has 2 rings (SSSR count). The van der Waals surface area contributed by atoms with Crippen molar-refractivity contribution in [3.05, 3.63) is 47.2 Å². The molecule has 0 saturated heterocycles. The van der Waals surface area contributed by atoms with E-state index in [1.165, 1.54) is 0 Å². The molecule has 140 valence electrons. The number of hydrogen-bond donors (Lipinski definition) is 2. The van der Waals surface area contributed by atoms with Crippen molar-refractivity contribution in [3.63, 3.8) is 0 Å². The van der Waals surface area contributed by atoms with Gasteiger partial charge < -0.3 is 14.6 Å². The summed E-state index contributed by atoms with van der Waals surface area (Å²) in [6.07, 6.45) is -0.695. The van der Waals surface area contributed by atoms with Gasteiger partial charge in [0.2, 0.25) is 0 Å². The van der Waals surface area contributed by atoms with E-state index in [0.717, 1.165) is 10.5 Å². The fourth-order valence-electron chi connectivity index (χ4n) is 2.70. The van der Waals surface area contributed by atoms with Crippen molar-refractivity contribution in [1.82, 2.24) is 4.90 Å². The summed E-state index contributed by atoms with van der Waals surface area (Å²) in [6.45, 7) is 3.77. The number of furan rings is 1. The first kappa shape index (κ1) is 19.8. The highest BCUT2D eigenvalue weighted by Crippen LogP contribution is 2.24. The van der Waals surface area contributed by atoms with Crippen LogP contribution in [0, 0.1) is 5.92 Å². The second kappa shape index (κ2) is 8.76. The summed E-state index contributed by atoms with van der Waals surface area (Å²) < 4.78 is 5.75. The molecule has 2 N–H and O–H groups in total. The van der Waals surface area contributed by atoms with Gasteiger partial charge in [-0.2, -0.15) is 0 Å². The quantitative estimate of drug-likeness (QED) is 0.698. The predicted octanol–water partition coefficient (Wildman–Crippen LogP) is 4.62. The number of rotatable bonds is 8. The van der Waals surface area contributed by atoms with Crippen LogP contribution >= 0.6 is 11.6 Å². The van der Waals surface area contributed by atoms with E-state index in [9.17, 15) is 19.8 Å². The van der Waals surface area contributed by atoms with Gasteiger partial charge in [0.1, 0.15) is 17.6 Å². The lowest BCUT2D eigenvalue weighted by Crippen LogP contribution is -2.46. The molecule has 1 aromatic carbocycles. The van der Waals surface area contributed by atoms with Crippen LogP contribution < -0.4 is 0 Å². The van der Waals surface area contributed by atoms with Crippen molar-refractivity contribution >= 4 is 23.7 Å². The van der Waals surface area contributed by atoms with Gasteiger partial charge in [-0.15, -0.1) is 0 Å². The number of carboxylic acid groups (broad SMARTS) is 2. The number of hydrogen-bond acceptors (Lipinski definition) is 3. The lowest BCUT2D eigenvalue weighted by Gasteiger charge is -2.27. The topological polar surface area (TPSA) is 91.0 Å². The molecule has 1 heterocycles. The summed E-state index contributed by atoms with van der Waals surface area (Å²) in [6, 6.07) is 9.67. The number of aliphatic carboxylic acids is 1. The van der Waals surface area contributed by atoms with Crippen LogP contribution in [-0.2, 0) is 11.2 Å². The molecule has 0 spiro atoms. The minimum absolute atomic E-state index is 0.0482. The van der Waals surface area contributed by atoms with Crippen LogP contribution in [-0.4, -0.2) is 39.8 Å². The van der Waals surface area contributed by atoms with Gasteiger partial charge in [-0.1, -0.05) is 25.4 Å². The Morgan fingerprint density at radius 3 is 2.31 bits per heavy atom. The maximum absolute atomic E-state index is 11.5. The van der Waals surface area contributed by atoms with Crippen LogP contribution in [0.15, 0.2) is 40.8 Å². The Labute approximate surface area is 157 Å². The van der Waals surface area contributed by atoms with Crippen LogP contribution in [0.3, 0.4) is 0 Å². The van der Waals surface area contributed by atoms with Crippen molar-refractivity contribution in [3.8, 4) is 11.3 Å². The third-order valence-corrected chi connectivity index (χ3v) is 4.24. The average molecular weight is 380 g/mol. The van der Waals surface area contributed by atoms with Crippen molar-refractivity contribution in [2.45, 2.75) is 32.7 Å². The van der Waals surface area contributed by atoms with Crippen LogP contribution in [0.4, 0.5) is 4.79 Å². The van der Waals surface area contributed by atoms with Crippen molar-refractivity contribution in [2.24, 2.45) is 5.92 Å². The van der Waals surface area contributed by atoms with Gasteiger partial charge in [0.25, 0.3) is 0 Å². The zero-order valence-corrected chi connectivity index (χ0v) is 15.4. The zero-order chi connectivity index (χ0) is 19.3. The third kappa shape index (κ3) is 5.26. The molecule has 0 aliphatic carbocycles. The Morgan fingerprint density at radius 2 is 1.77 bits per heavy atom. The van der Waals surface area contributed by atoms with E-state index in [0.29, 0.717) is 23.0 Å². The fourth-order valence-corrected chi connectivity index (χ4v) is 2.83. The maximum atomic E-state index is 11.5. The van der Waals surface area contributed by atoms with Gasteiger partial charge in [-0.3, -0.25) is 4.90 Å². The van der Waals surface area contributed by atoms with E-state index in [2.05, 4.69) is 0 Å². The lowest BCUT2D eigenvalue weighted by atomic mass is 10.0. The van der Waals surface area contributed by atoms with Crippen LogP contribution in [0.25, 0.3) is 11.3 Å². The first-order valence-electron chi connectivity index (χ1n) is 8.35. The van der Waals surface area contributed by atoms with Gasteiger partial charge in [0.05, 0.1) is 0 Å². The predicted molar refractivity (Wildman–Crippen MR) is 98.5 cm³/mol. The van der Waals surface area contributed by atoms with Crippen molar-refractivity contribution in [2.75, 3.05) is 6.54 Å². The molecule has 1 aromatic heterocycles. The Bertz CT molecular complexity index is 754. The Kier molecular flexibility index (Phi) is 6.69. The van der Waals surface area contributed by atoms with Gasteiger partial charge in [0.15, 0.2) is 0 Å². The number of nitrogens with zero attached hydrogens (tertiary/aromatic N) is 1. The summed E-state index contributed by atoms with van der Waals surface area (Å²) in [7, 11) is 0. The number of carbonyl (C=O) groups is 2. The molecule has 0 aliphatic rings. The normalized spacial score (nSPS) is 12.2. The summed E-state index contributed by atoms with van der Waals surface area (Å²) >= 11 is 5.87. The molecular weight excluding hydrogens is 358 g/mol. The molecule has 1 amide bonds. The van der Waals surface area contributed by atoms with E-state index < -0.39 is 18.1 Å². The van der Waals surface area contributed by atoms with Crippen molar-refractivity contribution in [1.29, 1.82) is 0 Å². The molecule has 0 radical (unpaired) electrons. The van der Waals surface area contributed by atoms with E-state index in [1.807, 2.05) is 26.0 Å². The van der Waals surface area contributed by atoms with E-state index in [-0.39, 0.29) is 18.9 Å². The minimum atomic E-state index is -1.25. The number of amides is 1. The van der Waals surface area contributed by atoms with Crippen LogP contribution in [0.1, 0.15) is 26.0 Å². The van der Waals surface area contributed by atoms with Crippen LogP contribution in [0.5, 0.6) is 0 Å². The highest BCUT2D eigenvalue weighted by molar-refractivity contribution is 6.30. The lowest BCUT2D eigenvalue weighted by molar-refractivity contribution is -0.143. The zero-order valence-electron chi connectivity index (χ0n) is 14.7. The first-order chi connectivity index (χ1) is 12.3. The van der Waals surface area contributed by atoms with Gasteiger partial charge >= 0.3 is 12.1 Å². The van der Waals surface area contributed by atoms with Gasteiger partial charge in [-0.05, 0) is 48.7 Å². The number of carboxylic acids is 1. The molecule has 26 heavy (non-hydrogen) atoms. The Hall–Kier alpha value is -2.47. The summed E-state index contributed by atoms with van der Waals surface area (Å²) in [5.74, 6) is 0.172. The third-order valence-electron chi connectivity index (χ3n) is 3.99. The number of benzene rings is 1. The maximum Gasteiger partial charge on any atom is 0.408 e. The molecule has 0 saturated carbocycles. The molecule has 0 aliphatic heterocycles. The second-order valence-electron chi connectivity index (χ2n) is 6.48. The molecular formula is C19H22ClNO5. The summed E-state index contributed by atoms with van der Waals surface area (Å²) in [4.78, 5) is 24.0. The summed E-state index contributed by atoms with van der Waals surface area (Å²) in [5, 5.41) is 19.4. The average Bonchev–Trinajstić information content (AvgIpc) is 3.02. The molecule has 0 fully saturated rings. The smallest absolute Gasteiger partial charge is 0.408 e. The molecule has 7 heteroatoms. The van der Waals surface area contributed by atoms with E-state index >= 15 is 0 Å². The first-order valence-corrected chi connectivity index (χ1v) is 8.72.